The third-order valence-electron chi connectivity index (χ3n) is 3.02. The average Bonchev–Trinajstić information content (AvgIpc) is 2.79. The number of ether oxygens (including phenoxy) is 1. The first-order valence-corrected chi connectivity index (χ1v) is 6.55. The molecular weight excluding hydrogens is 258 g/mol. The minimum atomic E-state index is -0.344. The normalized spacial score (nSPS) is 10.5. The molecule has 0 spiro atoms. The minimum Gasteiger partial charge on any atom is -0.394 e. The molecule has 6 nitrogen and oxygen atoms in total. The Hall–Kier alpha value is -2.37. The molecule has 6 heteroatoms. The Balaban J connectivity index is 2.43. The molecule has 0 aliphatic heterocycles. The van der Waals surface area contributed by atoms with Crippen LogP contribution in [0.25, 0.3) is 11.0 Å². The van der Waals surface area contributed by atoms with Crippen LogP contribution in [-0.2, 0) is 4.79 Å². The molecule has 0 saturated carbocycles. The summed E-state index contributed by atoms with van der Waals surface area (Å²) in [6, 6.07) is 5.13. The number of aromatic nitrogens is 2. The van der Waals surface area contributed by atoms with Crippen LogP contribution in [0.15, 0.2) is 18.2 Å². The van der Waals surface area contributed by atoms with E-state index in [0.717, 1.165) is 18.4 Å². The van der Waals surface area contributed by atoms with Crippen molar-refractivity contribution in [2.24, 2.45) is 0 Å². The van der Waals surface area contributed by atoms with Crippen molar-refractivity contribution in [3.63, 3.8) is 0 Å². The number of para-hydroxylation sites is 1. The zero-order valence-electron chi connectivity index (χ0n) is 11.5. The average molecular weight is 275 g/mol. The Morgan fingerprint density at radius 3 is 3.00 bits per heavy atom. The number of unbranched alkanes of at least 4 members (excludes halogenated alkanes) is 1. The van der Waals surface area contributed by atoms with Gasteiger partial charge in [0.25, 0.3) is 0 Å². The lowest BCUT2D eigenvalue weighted by Gasteiger charge is -2.07. The van der Waals surface area contributed by atoms with E-state index in [4.69, 9.17) is 4.74 Å². The van der Waals surface area contributed by atoms with Crippen LogP contribution in [0.5, 0.6) is 6.01 Å². The first-order chi connectivity index (χ1) is 9.69. The number of imidazole rings is 1. The van der Waals surface area contributed by atoms with Gasteiger partial charge in [0.15, 0.2) is 0 Å². The van der Waals surface area contributed by atoms with Crippen molar-refractivity contribution < 1.29 is 14.3 Å². The van der Waals surface area contributed by atoms with Crippen molar-refractivity contribution in [1.29, 1.82) is 0 Å². The Labute approximate surface area is 116 Å². The van der Waals surface area contributed by atoms with Crippen LogP contribution in [-0.4, -0.2) is 28.6 Å². The number of benzene rings is 1. The molecule has 106 valence electrons. The summed E-state index contributed by atoms with van der Waals surface area (Å²) in [6.45, 7) is 4.77. The highest BCUT2D eigenvalue weighted by atomic mass is 16.5. The summed E-state index contributed by atoms with van der Waals surface area (Å²) < 4.78 is 6.10. The number of carbonyl (C=O) groups is 2. The first-order valence-electron chi connectivity index (χ1n) is 6.55. The predicted molar refractivity (Wildman–Crippen MR) is 74.9 cm³/mol. The van der Waals surface area contributed by atoms with E-state index in [0.29, 0.717) is 17.6 Å². The smallest absolute Gasteiger partial charge is 0.330 e. The maximum absolute atomic E-state index is 12.2. The van der Waals surface area contributed by atoms with Crippen molar-refractivity contribution in [3.05, 3.63) is 23.8 Å². The Morgan fingerprint density at radius 1 is 1.50 bits per heavy atom. The fourth-order valence-electron chi connectivity index (χ4n) is 1.99. The van der Waals surface area contributed by atoms with Crippen LogP contribution in [0.4, 0.5) is 4.79 Å². The largest absolute Gasteiger partial charge is 0.394 e. The lowest BCUT2D eigenvalue weighted by atomic mass is 10.2. The summed E-state index contributed by atoms with van der Waals surface area (Å²) in [5, 5.41) is 2.78. The van der Waals surface area contributed by atoms with Gasteiger partial charge in [-0.15, -0.1) is 0 Å². The molecule has 0 fully saturated rings. The number of rotatable bonds is 5. The lowest BCUT2D eigenvalue weighted by Crippen LogP contribution is -2.29. The number of amides is 1. The molecule has 0 radical (unpaired) electrons. The lowest BCUT2D eigenvalue weighted by molar-refractivity contribution is -0.121. The van der Waals surface area contributed by atoms with Crippen LogP contribution < -0.4 is 10.1 Å². The number of hydrogen-bond donors (Lipinski definition) is 1. The van der Waals surface area contributed by atoms with E-state index < -0.39 is 0 Å². The van der Waals surface area contributed by atoms with Crippen LogP contribution in [0.3, 0.4) is 0 Å². The quantitative estimate of drug-likeness (QED) is 0.671. The molecule has 1 heterocycles. The predicted octanol–water partition coefficient (Wildman–Crippen LogP) is 2.24. The molecule has 1 aromatic carbocycles. The topological polar surface area (TPSA) is 73.2 Å². The first kappa shape index (κ1) is 14.0. The molecule has 0 aliphatic carbocycles. The number of hydrogen-bond acceptors (Lipinski definition) is 4. The number of aryl methyl sites for hydroxylation is 1. The molecule has 0 bridgehead atoms. The zero-order chi connectivity index (χ0) is 14.5. The van der Waals surface area contributed by atoms with Crippen molar-refractivity contribution in [2.75, 3.05) is 6.54 Å². The van der Waals surface area contributed by atoms with Crippen LogP contribution in [0.1, 0.15) is 25.3 Å². The molecule has 1 amide bonds. The summed E-state index contributed by atoms with van der Waals surface area (Å²) in [7, 11) is 0. The van der Waals surface area contributed by atoms with Gasteiger partial charge in [0.2, 0.25) is 0 Å². The number of nitrogens with zero attached hydrogens (tertiary/aromatic N) is 2. The van der Waals surface area contributed by atoms with Gasteiger partial charge in [0.05, 0.1) is 11.0 Å². The van der Waals surface area contributed by atoms with Gasteiger partial charge in [-0.3, -0.25) is 4.79 Å². The number of carbonyl (C=O) groups excluding carboxylic acids is 2. The summed E-state index contributed by atoms with van der Waals surface area (Å²) in [6.07, 6.45) is 1.88. The summed E-state index contributed by atoms with van der Waals surface area (Å²) >= 11 is 0. The van der Waals surface area contributed by atoms with Crippen molar-refractivity contribution in [2.45, 2.75) is 26.7 Å². The fraction of sp³-hybridized carbons (Fsp3) is 0.357. The van der Waals surface area contributed by atoms with Gasteiger partial charge in [-0.05, 0) is 25.0 Å². The third-order valence-corrected chi connectivity index (χ3v) is 3.02. The molecule has 0 saturated heterocycles. The maximum atomic E-state index is 12.2. The van der Waals surface area contributed by atoms with Gasteiger partial charge >= 0.3 is 18.5 Å². The monoisotopic (exact) mass is 275 g/mol. The highest BCUT2D eigenvalue weighted by Crippen LogP contribution is 2.23. The van der Waals surface area contributed by atoms with E-state index in [9.17, 15) is 9.59 Å². The van der Waals surface area contributed by atoms with Gasteiger partial charge in [0, 0.05) is 6.54 Å². The van der Waals surface area contributed by atoms with Crippen molar-refractivity contribution >= 4 is 23.5 Å². The van der Waals surface area contributed by atoms with Gasteiger partial charge in [0.1, 0.15) is 0 Å². The van der Waals surface area contributed by atoms with E-state index in [1.165, 1.54) is 4.57 Å². The summed E-state index contributed by atoms with van der Waals surface area (Å²) in [5.41, 5.74) is 2.18. The molecule has 20 heavy (non-hydrogen) atoms. The van der Waals surface area contributed by atoms with E-state index in [1.807, 2.05) is 26.0 Å². The Kier molecular flexibility index (Phi) is 4.34. The van der Waals surface area contributed by atoms with E-state index in [2.05, 4.69) is 10.3 Å². The maximum Gasteiger partial charge on any atom is 0.330 e. The second kappa shape index (κ2) is 6.18. The van der Waals surface area contributed by atoms with Crippen LogP contribution in [0.2, 0.25) is 0 Å². The Morgan fingerprint density at radius 2 is 2.30 bits per heavy atom. The van der Waals surface area contributed by atoms with E-state index in [-0.39, 0.29) is 18.5 Å². The molecule has 0 aliphatic rings. The molecule has 1 aromatic heterocycles. The van der Waals surface area contributed by atoms with E-state index >= 15 is 0 Å². The molecule has 1 N–H and O–H groups in total. The van der Waals surface area contributed by atoms with Crippen molar-refractivity contribution in [1.82, 2.24) is 14.9 Å². The summed E-state index contributed by atoms with van der Waals surface area (Å²) in [5.74, 6) is 0. The van der Waals surface area contributed by atoms with Gasteiger partial charge in [-0.2, -0.15) is 4.98 Å². The zero-order valence-corrected chi connectivity index (χ0v) is 11.5. The third kappa shape index (κ3) is 2.64. The minimum absolute atomic E-state index is 0.0155. The van der Waals surface area contributed by atoms with Gasteiger partial charge < -0.3 is 10.1 Å². The van der Waals surface area contributed by atoms with Gasteiger partial charge in [-0.1, -0.05) is 25.5 Å². The van der Waals surface area contributed by atoms with Gasteiger partial charge in [-0.25, -0.2) is 9.36 Å². The second-order valence-electron chi connectivity index (χ2n) is 4.47. The highest BCUT2D eigenvalue weighted by Gasteiger charge is 2.18. The van der Waals surface area contributed by atoms with Crippen molar-refractivity contribution in [3.8, 4) is 6.01 Å². The standard InChI is InChI=1S/C14H17N3O3/c1-3-4-8-15-13(19)17-11-7-5-6-10(2)12(11)16-14(17)20-9-18/h5-7,9H,3-4,8H2,1-2H3,(H,15,19). The van der Waals surface area contributed by atoms with E-state index in [1.54, 1.807) is 6.07 Å². The summed E-state index contributed by atoms with van der Waals surface area (Å²) in [4.78, 5) is 27.0. The molecular formula is C14H17N3O3. The molecule has 0 unspecified atom stereocenters. The molecule has 2 aromatic rings. The molecule has 0 atom stereocenters. The SMILES string of the molecule is CCCCNC(=O)n1c(OC=O)nc2c(C)cccc21. The Bertz CT molecular complexity index is 634. The molecule has 2 rings (SSSR count). The van der Waals surface area contributed by atoms with Crippen LogP contribution >= 0.6 is 0 Å². The number of fused-ring (bicyclic) bond motifs is 1. The second-order valence-corrected chi connectivity index (χ2v) is 4.47. The fourth-order valence-corrected chi connectivity index (χ4v) is 1.99. The van der Waals surface area contributed by atoms with Crippen LogP contribution in [0, 0.1) is 6.92 Å². The number of nitrogens with one attached hydrogen (secondary N) is 1. The highest BCUT2D eigenvalue weighted by molar-refractivity contribution is 5.92.